The predicted octanol–water partition coefficient (Wildman–Crippen LogP) is 4.68. The zero-order valence-corrected chi connectivity index (χ0v) is 16.4. The van der Waals surface area contributed by atoms with Crippen LogP contribution in [-0.4, -0.2) is 22.6 Å². The van der Waals surface area contributed by atoms with Crippen molar-refractivity contribution in [3.05, 3.63) is 101 Å². The van der Waals surface area contributed by atoms with Gasteiger partial charge < -0.3 is 9.84 Å². The molecule has 1 aliphatic heterocycles. The van der Waals surface area contributed by atoms with Gasteiger partial charge >= 0.3 is 0 Å². The van der Waals surface area contributed by atoms with Gasteiger partial charge in [-0.05, 0) is 43.2 Å². The molecule has 3 aromatic rings. The second-order valence-electron chi connectivity index (χ2n) is 7.11. The average molecular weight is 386 g/mol. The van der Waals surface area contributed by atoms with Gasteiger partial charge in [0.25, 0.3) is 5.91 Å². The fourth-order valence-corrected chi connectivity index (χ4v) is 3.53. The molecule has 5 nitrogen and oxygen atoms in total. The molecule has 0 aliphatic carbocycles. The van der Waals surface area contributed by atoms with Crippen molar-refractivity contribution in [1.29, 1.82) is 0 Å². The van der Waals surface area contributed by atoms with Crippen molar-refractivity contribution < 1.29 is 14.6 Å². The number of ether oxygens (including phenoxy) is 1. The van der Waals surface area contributed by atoms with Crippen molar-refractivity contribution in [2.45, 2.75) is 19.9 Å². The number of aryl methyl sites for hydroxylation is 2. The van der Waals surface area contributed by atoms with Crippen molar-refractivity contribution in [3.8, 4) is 5.75 Å². The standard InChI is InChI=1S/C24H22N2O3/c1-16-10-12-19(13-11-16)29-15-20-21(18-8-4-3-5-9-18)26(24(28)22(20)27)23-17(2)7-6-14-25-23/h3-14,21,27H,15H2,1-2H3. The van der Waals surface area contributed by atoms with E-state index in [-0.39, 0.29) is 12.4 Å². The summed E-state index contributed by atoms with van der Waals surface area (Å²) in [5, 5.41) is 10.7. The number of nitrogens with zero attached hydrogens (tertiary/aromatic N) is 2. The van der Waals surface area contributed by atoms with Crippen LogP contribution < -0.4 is 9.64 Å². The Morgan fingerprint density at radius 2 is 1.72 bits per heavy atom. The van der Waals surface area contributed by atoms with Crippen LogP contribution in [0.4, 0.5) is 5.82 Å². The summed E-state index contributed by atoms with van der Waals surface area (Å²) in [5.74, 6) is 0.463. The van der Waals surface area contributed by atoms with E-state index in [1.54, 1.807) is 11.1 Å². The number of aliphatic hydroxyl groups excluding tert-OH is 1. The van der Waals surface area contributed by atoms with Crippen molar-refractivity contribution in [2.75, 3.05) is 11.5 Å². The Bertz CT molecular complexity index is 1060. The van der Waals surface area contributed by atoms with E-state index in [1.807, 2.05) is 80.6 Å². The number of amides is 1. The molecule has 0 saturated carbocycles. The summed E-state index contributed by atoms with van der Waals surface area (Å²) in [6.07, 6.45) is 1.65. The number of aliphatic hydroxyl groups is 1. The number of anilines is 1. The SMILES string of the molecule is Cc1ccc(OCC2=C(O)C(=O)N(c3ncccc3C)C2c2ccccc2)cc1. The van der Waals surface area contributed by atoms with E-state index in [9.17, 15) is 9.90 Å². The van der Waals surface area contributed by atoms with Gasteiger partial charge in [0, 0.05) is 11.8 Å². The lowest BCUT2D eigenvalue weighted by atomic mass is 9.99. The first-order valence-corrected chi connectivity index (χ1v) is 9.48. The summed E-state index contributed by atoms with van der Waals surface area (Å²) in [6, 6.07) is 20.5. The number of carbonyl (C=O) groups is 1. The number of hydrogen-bond acceptors (Lipinski definition) is 4. The molecule has 2 aromatic carbocycles. The monoisotopic (exact) mass is 386 g/mol. The molecule has 1 atom stereocenters. The molecule has 146 valence electrons. The van der Waals surface area contributed by atoms with E-state index < -0.39 is 11.9 Å². The Kier molecular flexibility index (Phi) is 5.04. The second kappa shape index (κ2) is 7.80. The molecule has 5 heteroatoms. The molecule has 0 spiro atoms. The summed E-state index contributed by atoms with van der Waals surface area (Å²) in [7, 11) is 0. The lowest BCUT2D eigenvalue weighted by molar-refractivity contribution is -0.117. The predicted molar refractivity (Wildman–Crippen MR) is 112 cm³/mol. The smallest absolute Gasteiger partial charge is 0.295 e. The average Bonchev–Trinajstić information content (AvgIpc) is 2.99. The lowest BCUT2D eigenvalue weighted by Crippen LogP contribution is -2.32. The van der Waals surface area contributed by atoms with Gasteiger partial charge in [0.2, 0.25) is 0 Å². The summed E-state index contributed by atoms with van der Waals surface area (Å²) < 4.78 is 5.91. The van der Waals surface area contributed by atoms with E-state index >= 15 is 0 Å². The Labute approximate surface area is 169 Å². The molecule has 1 aliphatic rings. The van der Waals surface area contributed by atoms with Crippen molar-refractivity contribution in [3.63, 3.8) is 0 Å². The van der Waals surface area contributed by atoms with E-state index in [1.165, 1.54) is 0 Å². The third-order valence-electron chi connectivity index (χ3n) is 5.05. The molecular formula is C24H22N2O3. The molecule has 1 N–H and O–H groups in total. The number of rotatable bonds is 5. The molecule has 2 heterocycles. The highest BCUT2D eigenvalue weighted by Gasteiger charge is 2.42. The van der Waals surface area contributed by atoms with Gasteiger partial charge in [0.05, 0.1) is 6.04 Å². The van der Waals surface area contributed by atoms with Gasteiger partial charge in [-0.15, -0.1) is 0 Å². The highest BCUT2D eigenvalue weighted by atomic mass is 16.5. The van der Waals surface area contributed by atoms with Crippen molar-refractivity contribution in [2.24, 2.45) is 0 Å². The topological polar surface area (TPSA) is 62.7 Å². The molecule has 1 unspecified atom stereocenters. The van der Waals surface area contributed by atoms with Crippen LogP contribution >= 0.6 is 0 Å². The Morgan fingerprint density at radius 3 is 2.41 bits per heavy atom. The van der Waals surface area contributed by atoms with Crippen LogP contribution in [0.5, 0.6) is 5.75 Å². The van der Waals surface area contributed by atoms with Crippen LogP contribution in [0.1, 0.15) is 22.7 Å². The van der Waals surface area contributed by atoms with Gasteiger partial charge in [-0.1, -0.05) is 54.1 Å². The molecular weight excluding hydrogens is 364 g/mol. The van der Waals surface area contributed by atoms with Gasteiger partial charge in [0.1, 0.15) is 18.2 Å². The number of carbonyl (C=O) groups excluding carboxylic acids is 1. The van der Waals surface area contributed by atoms with Gasteiger partial charge in [-0.2, -0.15) is 0 Å². The maximum absolute atomic E-state index is 13.0. The first-order chi connectivity index (χ1) is 14.1. The van der Waals surface area contributed by atoms with Gasteiger partial charge in [-0.25, -0.2) is 4.98 Å². The lowest BCUT2D eigenvalue weighted by Gasteiger charge is -2.27. The number of pyridine rings is 1. The Morgan fingerprint density at radius 1 is 1.00 bits per heavy atom. The fourth-order valence-electron chi connectivity index (χ4n) is 3.53. The first-order valence-electron chi connectivity index (χ1n) is 9.48. The molecule has 0 saturated heterocycles. The minimum atomic E-state index is -0.484. The fraction of sp³-hybridized carbons (Fsp3) is 0.167. The first kappa shape index (κ1) is 18.7. The van der Waals surface area contributed by atoms with Crippen LogP contribution in [0.25, 0.3) is 0 Å². The van der Waals surface area contributed by atoms with Crippen LogP contribution in [0.15, 0.2) is 84.3 Å². The van der Waals surface area contributed by atoms with Crippen LogP contribution in [-0.2, 0) is 4.79 Å². The molecule has 0 bridgehead atoms. The maximum Gasteiger partial charge on any atom is 0.295 e. The minimum Gasteiger partial charge on any atom is -0.503 e. The number of benzene rings is 2. The molecule has 1 aromatic heterocycles. The Hall–Kier alpha value is -3.60. The quantitative estimate of drug-likeness (QED) is 0.692. The summed E-state index contributed by atoms with van der Waals surface area (Å²) in [5.41, 5.74) is 3.40. The van der Waals surface area contributed by atoms with E-state index in [4.69, 9.17) is 4.74 Å². The molecule has 4 rings (SSSR count). The van der Waals surface area contributed by atoms with Crippen molar-refractivity contribution >= 4 is 11.7 Å². The van der Waals surface area contributed by atoms with E-state index in [0.29, 0.717) is 17.1 Å². The highest BCUT2D eigenvalue weighted by Crippen LogP contribution is 2.40. The molecule has 0 fully saturated rings. The second-order valence-corrected chi connectivity index (χ2v) is 7.11. The zero-order valence-electron chi connectivity index (χ0n) is 16.4. The summed E-state index contributed by atoms with van der Waals surface area (Å²) in [4.78, 5) is 19.0. The Balaban J connectivity index is 1.73. The van der Waals surface area contributed by atoms with Crippen LogP contribution in [0.3, 0.4) is 0 Å². The normalized spacial score (nSPS) is 16.4. The van der Waals surface area contributed by atoms with Crippen LogP contribution in [0.2, 0.25) is 0 Å². The van der Waals surface area contributed by atoms with E-state index in [0.717, 1.165) is 16.7 Å². The minimum absolute atomic E-state index is 0.0998. The zero-order chi connectivity index (χ0) is 20.4. The largest absolute Gasteiger partial charge is 0.503 e. The highest BCUT2D eigenvalue weighted by molar-refractivity contribution is 6.08. The summed E-state index contributed by atoms with van der Waals surface area (Å²) in [6.45, 7) is 4.00. The van der Waals surface area contributed by atoms with Gasteiger partial charge in [-0.3, -0.25) is 9.69 Å². The summed E-state index contributed by atoms with van der Waals surface area (Å²) >= 11 is 0. The maximum atomic E-state index is 13.0. The third-order valence-corrected chi connectivity index (χ3v) is 5.05. The van der Waals surface area contributed by atoms with Crippen LogP contribution in [0, 0.1) is 13.8 Å². The van der Waals surface area contributed by atoms with Crippen molar-refractivity contribution in [1.82, 2.24) is 4.98 Å². The van der Waals surface area contributed by atoms with E-state index in [2.05, 4.69) is 4.98 Å². The number of hydrogen-bond donors (Lipinski definition) is 1. The molecule has 29 heavy (non-hydrogen) atoms. The third kappa shape index (κ3) is 3.59. The molecule has 1 amide bonds. The molecule has 0 radical (unpaired) electrons. The number of aromatic nitrogens is 1. The van der Waals surface area contributed by atoms with Gasteiger partial charge in [0.15, 0.2) is 5.76 Å².